The minimum atomic E-state index is -5.47. The van der Waals surface area contributed by atoms with Gasteiger partial charge in [0.05, 0.1) is 44.5 Å². The number of halogens is 26. The fraction of sp³-hybridized carbons (Fsp3) is 0.152. The van der Waals surface area contributed by atoms with Gasteiger partial charge in [0.1, 0.15) is 0 Å². The molecule has 0 saturated carbocycles. The van der Waals surface area contributed by atoms with Crippen molar-refractivity contribution in [3.8, 4) is 77.9 Å². The molecule has 478 valence electrons. The monoisotopic (exact) mass is 1440 g/mol. The highest BCUT2D eigenvalue weighted by Gasteiger charge is 2.42. The summed E-state index contributed by atoms with van der Waals surface area (Å²) in [5.74, 6) is 0. The Morgan fingerprint density at radius 3 is 0.598 bits per heavy atom. The van der Waals surface area contributed by atoms with Gasteiger partial charge in [-0.2, -0.15) is 105 Å². The number of hydrogen-bond donors (Lipinski definition) is 0. The molecule has 10 rings (SSSR count). The largest absolute Gasteiger partial charge is 0.416 e. The first-order chi connectivity index (χ1) is 42.5. The number of fused-ring (bicyclic) bond motifs is 2. The summed E-state index contributed by atoms with van der Waals surface area (Å²) in [7, 11) is 0. The average Bonchev–Trinajstić information content (AvgIpc) is 0.725. The van der Waals surface area contributed by atoms with Gasteiger partial charge in [0.15, 0.2) is 0 Å². The van der Waals surface area contributed by atoms with Crippen LogP contribution in [-0.4, -0.2) is 0 Å². The van der Waals surface area contributed by atoms with Crippen LogP contribution in [0.25, 0.3) is 99.4 Å². The highest BCUT2D eigenvalue weighted by Crippen LogP contribution is 2.52. The van der Waals surface area contributed by atoms with E-state index in [0.717, 1.165) is 36.4 Å². The van der Waals surface area contributed by atoms with Crippen molar-refractivity contribution in [3.05, 3.63) is 225 Å². The zero-order chi connectivity index (χ0) is 67.4. The number of rotatable bonds is 9. The Labute approximate surface area is 520 Å². The van der Waals surface area contributed by atoms with Crippen LogP contribution in [0.15, 0.2) is 170 Å². The molecule has 0 unspecified atom stereocenters. The van der Waals surface area contributed by atoms with Gasteiger partial charge in [0, 0.05) is 10.7 Å². The van der Waals surface area contributed by atoms with Gasteiger partial charge in [0.2, 0.25) is 0 Å². The molecule has 0 spiro atoms. The Balaban J connectivity index is 1.34. The van der Waals surface area contributed by atoms with Gasteiger partial charge in [-0.3, -0.25) is 0 Å². The maximum absolute atomic E-state index is 14.5. The Kier molecular flexibility index (Phi) is 17.1. The quantitative estimate of drug-likeness (QED) is 0.0998. The molecule has 92 heavy (non-hydrogen) atoms. The lowest BCUT2D eigenvalue weighted by Crippen LogP contribution is -2.11. The second kappa shape index (κ2) is 23.5. The standard InChI is InChI=1S/C66H32Br2F24/c67-29-55-53(41-11-33(37-15-43(59(69,70)71)25-44(16-37)60(72,73)74)9-34(12-41)38-17-45(61(75,76)77)26-46(18-38)62(78,79)80)23-31-5-1-3-7-51(31)57(55)58-52-8-4-2-6-32(52)24-54(56(58)30-68)42-13-35(39-19-47(63(81,82)83)27-48(20-39)64(84,85)86)10-36(14-42)40-21-49(65(87,88)89)28-50(22-40)66(90,91)92/h1-28H,29-30H2. The zero-order valence-electron chi connectivity index (χ0n) is 45.4. The van der Waals surface area contributed by atoms with Crippen LogP contribution in [0.1, 0.15) is 55.6 Å². The van der Waals surface area contributed by atoms with E-state index >= 15 is 0 Å². The van der Waals surface area contributed by atoms with Crippen molar-refractivity contribution in [1.82, 2.24) is 0 Å². The van der Waals surface area contributed by atoms with Crippen LogP contribution in [0.3, 0.4) is 0 Å². The lowest BCUT2D eigenvalue weighted by atomic mass is 9.81. The normalized spacial score (nSPS) is 13.2. The Morgan fingerprint density at radius 2 is 0.402 bits per heavy atom. The zero-order valence-corrected chi connectivity index (χ0v) is 48.6. The summed E-state index contributed by atoms with van der Waals surface area (Å²) in [6.07, 6.45) is -43.7. The Bertz CT molecular complexity index is 3930. The van der Waals surface area contributed by atoms with Crippen LogP contribution >= 0.6 is 31.9 Å². The van der Waals surface area contributed by atoms with Crippen molar-refractivity contribution in [2.75, 3.05) is 0 Å². The first-order valence-electron chi connectivity index (χ1n) is 26.2. The van der Waals surface area contributed by atoms with Gasteiger partial charge < -0.3 is 0 Å². The summed E-state index contributed by atoms with van der Waals surface area (Å²) in [4.78, 5) is 0. The molecule has 0 aliphatic rings. The third kappa shape index (κ3) is 13.7. The molecule has 0 aliphatic carbocycles. The van der Waals surface area contributed by atoms with Gasteiger partial charge in [-0.1, -0.05) is 80.4 Å². The lowest BCUT2D eigenvalue weighted by molar-refractivity contribution is -0.144. The molecule has 0 aromatic heterocycles. The predicted octanol–water partition coefficient (Wildman–Crippen LogP) is 25.6. The van der Waals surface area contributed by atoms with Crippen LogP contribution in [0, 0.1) is 0 Å². The maximum Gasteiger partial charge on any atom is 0.416 e. The molecule has 0 heterocycles. The average molecular weight is 1440 g/mol. The lowest BCUT2D eigenvalue weighted by Gasteiger charge is -2.24. The minimum Gasteiger partial charge on any atom is -0.166 e. The van der Waals surface area contributed by atoms with Crippen LogP contribution in [0.2, 0.25) is 0 Å². The van der Waals surface area contributed by atoms with Gasteiger partial charge in [-0.05, 0) is 232 Å². The molecule has 0 N–H and O–H groups in total. The van der Waals surface area contributed by atoms with Crippen molar-refractivity contribution in [1.29, 1.82) is 0 Å². The van der Waals surface area contributed by atoms with Crippen LogP contribution in [0.4, 0.5) is 105 Å². The second-order valence-corrected chi connectivity index (χ2v) is 22.2. The Hall–Kier alpha value is -8.00. The number of alkyl halides is 26. The molecule has 26 heteroatoms. The van der Waals surface area contributed by atoms with Gasteiger partial charge >= 0.3 is 49.4 Å². The second-order valence-electron chi connectivity index (χ2n) is 21.0. The smallest absolute Gasteiger partial charge is 0.166 e. The summed E-state index contributed by atoms with van der Waals surface area (Å²) in [6.45, 7) is 0. The molecule has 0 radical (unpaired) electrons. The molecule has 0 fully saturated rings. The van der Waals surface area contributed by atoms with E-state index < -0.39 is 138 Å². The summed E-state index contributed by atoms with van der Waals surface area (Å²) in [5.41, 5.74) is -20.6. The fourth-order valence-corrected chi connectivity index (χ4v) is 12.0. The summed E-state index contributed by atoms with van der Waals surface area (Å²) in [6, 6.07) is 22.4. The van der Waals surface area contributed by atoms with Crippen molar-refractivity contribution < 1.29 is 105 Å². The molecule has 0 bridgehead atoms. The van der Waals surface area contributed by atoms with E-state index in [9.17, 15) is 105 Å². The van der Waals surface area contributed by atoms with Gasteiger partial charge in [0.25, 0.3) is 0 Å². The van der Waals surface area contributed by atoms with E-state index in [-0.39, 0.29) is 139 Å². The summed E-state index contributed by atoms with van der Waals surface area (Å²) >= 11 is 6.97. The molecule has 0 aliphatic heterocycles. The molecule has 10 aromatic rings. The first-order valence-corrected chi connectivity index (χ1v) is 28.5. The van der Waals surface area contributed by atoms with Crippen molar-refractivity contribution in [2.45, 2.75) is 60.1 Å². The third-order valence-electron chi connectivity index (χ3n) is 15.0. The van der Waals surface area contributed by atoms with Crippen molar-refractivity contribution >= 4 is 53.4 Å². The van der Waals surface area contributed by atoms with E-state index in [4.69, 9.17) is 0 Å². The third-order valence-corrected chi connectivity index (χ3v) is 16.1. The van der Waals surface area contributed by atoms with Crippen LogP contribution in [0.5, 0.6) is 0 Å². The van der Waals surface area contributed by atoms with E-state index in [2.05, 4.69) is 31.9 Å². The molecule has 0 saturated heterocycles. The SMILES string of the molecule is FC(F)(F)c1cc(-c2cc(-c3cc(C(F)(F)F)cc(C(F)(F)F)c3)cc(-c3cc4ccccc4c(-c4c(CBr)c(-c5cc(-c6cc(C(F)(F)F)cc(C(F)(F)F)c6)cc(-c6cc(C(F)(F)F)cc(C(F)(F)F)c6)c5)cc5ccccc45)c3CBr)c2)cc(C(F)(F)F)c1. The highest BCUT2D eigenvalue weighted by molar-refractivity contribution is 9.08. The maximum atomic E-state index is 14.5. The molecule has 0 atom stereocenters. The van der Waals surface area contributed by atoms with E-state index in [1.54, 1.807) is 24.3 Å². The molecule has 10 aromatic carbocycles. The number of hydrogen-bond acceptors (Lipinski definition) is 0. The first kappa shape index (κ1) is 66.9. The fourth-order valence-electron chi connectivity index (χ4n) is 10.9. The molecular weight excluding hydrogens is 1410 g/mol. The van der Waals surface area contributed by atoms with E-state index in [1.807, 2.05) is 0 Å². The van der Waals surface area contributed by atoms with Crippen LogP contribution in [-0.2, 0) is 60.1 Å². The topological polar surface area (TPSA) is 0 Å². The highest BCUT2D eigenvalue weighted by atomic mass is 79.9. The van der Waals surface area contributed by atoms with Gasteiger partial charge in [-0.25, -0.2) is 0 Å². The van der Waals surface area contributed by atoms with E-state index in [1.165, 1.54) is 36.4 Å². The van der Waals surface area contributed by atoms with Crippen LogP contribution < -0.4 is 0 Å². The van der Waals surface area contributed by atoms with E-state index in [0.29, 0.717) is 10.8 Å². The van der Waals surface area contributed by atoms with Gasteiger partial charge in [-0.15, -0.1) is 0 Å². The summed E-state index contributed by atoms with van der Waals surface area (Å²) < 4.78 is 348. The van der Waals surface area contributed by atoms with Crippen molar-refractivity contribution in [2.24, 2.45) is 0 Å². The Morgan fingerprint density at radius 1 is 0.217 bits per heavy atom. The molecule has 0 amide bonds. The molecular formula is C66H32Br2F24. The number of benzene rings is 10. The molecule has 0 nitrogen and oxygen atoms in total. The van der Waals surface area contributed by atoms with Crippen molar-refractivity contribution in [3.63, 3.8) is 0 Å². The predicted molar refractivity (Wildman–Crippen MR) is 305 cm³/mol. The summed E-state index contributed by atoms with van der Waals surface area (Å²) in [5, 5.41) is 0.488. The minimum absolute atomic E-state index is 0.0287.